The van der Waals surface area contributed by atoms with Crippen molar-refractivity contribution in [3.05, 3.63) is 23.3 Å². The first-order valence-corrected chi connectivity index (χ1v) is 4.83. The molecule has 0 fully saturated rings. The molecule has 0 aliphatic carbocycles. The number of hydrogen-bond acceptors (Lipinski definition) is 3. The second-order valence-corrected chi connectivity index (χ2v) is 3.43. The molecule has 7 heteroatoms. The maximum atomic E-state index is 12.6. The summed E-state index contributed by atoms with van der Waals surface area (Å²) in [6, 6.07) is 1.50. The zero-order chi connectivity index (χ0) is 13.9. The molecule has 0 bridgehead atoms. The molecule has 0 saturated carbocycles. The van der Waals surface area contributed by atoms with Crippen LogP contribution in [0.1, 0.15) is 11.1 Å². The van der Waals surface area contributed by atoms with E-state index in [1.165, 1.54) is 14.2 Å². The van der Waals surface area contributed by atoms with Crippen molar-refractivity contribution < 1.29 is 32.5 Å². The molecule has 1 aromatic rings. The van der Waals surface area contributed by atoms with E-state index in [0.717, 1.165) is 12.1 Å². The Kier molecular flexibility index (Phi) is 4.05. The van der Waals surface area contributed by atoms with E-state index in [0.29, 0.717) is 0 Å². The average molecular weight is 264 g/mol. The van der Waals surface area contributed by atoms with E-state index < -0.39 is 24.1 Å². The molecule has 0 spiro atoms. The molecule has 100 valence electrons. The number of rotatable bonds is 4. The molecule has 0 aliphatic heterocycles. The van der Waals surface area contributed by atoms with Gasteiger partial charge in [-0.25, -0.2) is 0 Å². The van der Waals surface area contributed by atoms with E-state index in [1.807, 2.05) is 0 Å². The molecule has 4 nitrogen and oxygen atoms in total. The summed E-state index contributed by atoms with van der Waals surface area (Å²) < 4.78 is 47.3. The van der Waals surface area contributed by atoms with Crippen LogP contribution in [0.25, 0.3) is 0 Å². The number of ether oxygens (including phenoxy) is 2. The second kappa shape index (κ2) is 5.16. The molecule has 0 saturated heterocycles. The summed E-state index contributed by atoms with van der Waals surface area (Å²) in [6.45, 7) is 0. The van der Waals surface area contributed by atoms with Crippen LogP contribution in [0.4, 0.5) is 13.2 Å². The quantitative estimate of drug-likeness (QED) is 0.906. The molecule has 1 rings (SSSR count). The number of methoxy groups -OCH3 is 2. The number of carbonyl (C=O) groups is 1. The number of alkyl halides is 3. The van der Waals surface area contributed by atoms with Gasteiger partial charge in [0.25, 0.3) is 0 Å². The van der Waals surface area contributed by atoms with Gasteiger partial charge in [0, 0.05) is 5.56 Å². The second-order valence-electron chi connectivity index (χ2n) is 3.43. The van der Waals surface area contributed by atoms with E-state index in [-0.39, 0.29) is 17.1 Å². The number of halogens is 3. The predicted molar refractivity (Wildman–Crippen MR) is 55.9 cm³/mol. The first-order valence-electron chi connectivity index (χ1n) is 4.83. The van der Waals surface area contributed by atoms with Gasteiger partial charge in [-0.05, 0) is 12.1 Å². The van der Waals surface area contributed by atoms with E-state index >= 15 is 0 Å². The van der Waals surface area contributed by atoms with Crippen LogP contribution in [0, 0.1) is 0 Å². The van der Waals surface area contributed by atoms with Crippen LogP contribution in [0.15, 0.2) is 12.1 Å². The predicted octanol–water partition coefficient (Wildman–Crippen LogP) is 2.35. The SMILES string of the molecule is COc1cc(C(F)(F)F)cc(OC)c1CC(=O)O. The van der Waals surface area contributed by atoms with Crippen LogP contribution in [-0.2, 0) is 17.4 Å². The fraction of sp³-hybridized carbons (Fsp3) is 0.364. The van der Waals surface area contributed by atoms with Crippen molar-refractivity contribution in [1.29, 1.82) is 0 Å². The summed E-state index contributed by atoms with van der Waals surface area (Å²) >= 11 is 0. The average Bonchev–Trinajstić information content (AvgIpc) is 2.26. The molecule has 0 radical (unpaired) electrons. The molecule has 1 N–H and O–H groups in total. The highest BCUT2D eigenvalue weighted by molar-refractivity contribution is 5.73. The Balaban J connectivity index is 3.38. The summed E-state index contributed by atoms with van der Waals surface area (Å²) in [5, 5.41) is 8.70. The molecule has 18 heavy (non-hydrogen) atoms. The van der Waals surface area contributed by atoms with Crippen molar-refractivity contribution in [2.75, 3.05) is 14.2 Å². The van der Waals surface area contributed by atoms with E-state index in [1.54, 1.807) is 0 Å². The summed E-state index contributed by atoms with van der Waals surface area (Å²) in [5.74, 6) is -1.51. The largest absolute Gasteiger partial charge is 0.496 e. The summed E-state index contributed by atoms with van der Waals surface area (Å²) in [5.41, 5.74) is -0.883. The molecule has 0 unspecified atom stereocenters. The fourth-order valence-electron chi connectivity index (χ4n) is 1.47. The lowest BCUT2D eigenvalue weighted by atomic mass is 10.1. The van der Waals surface area contributed by atoms with Crippen molar-refractivity contribution in [2.24, 2.45) is 0 Å². The van der Waals surface area contributed by atoms with E-state index in [4.69, 9.17) is 14.6 Å². The zero-order valence-corrected chi connectivity index (χ0v) is 9.67. The first-order chi connectivity index (χ1) is 8.29. The third-order valence-corrected chi connectivity index (χ3v) is 2.26. The molecule has 0 aromatic heterocycles. The van der Waals surface area contributed by atoms with Gasteiger partial charge in [-0.3, -0.25) is 4.79 Å². The minimum atomic E-state index is -4.55. The van der Waals surface area contributed by atoms with Crippen molar-refractivity contribution >= 4 is 5.97 Å². The third kappa shape index (κ3) is 3.06. The minimum Gasteiger partial charge on any atom is -0.496 e. The Labute approximate surface area is 101 Å². The lowest BCUT2D eigenvalue weighted by Gasteiger charge is -2.15. The van der Waals surface area contributed by atoms with Gasteiger partial charge >= 0.3 is 12.1 Å². The van der Waals surface area contributed by atoms with Gasteiger partial charge in [-0.1, -0.05) is 0 Å². The number of carboxylic acids is 1. The molecule has 0 aliphatic rings. The molecule has 0 atom stereocenters. The molecular formula is C11H11F3O4. The van der Waals surface area contributed by atoms with Crippen LogP contribution in [0.5, 0.6) is 11.5 Å². The molecule has 0 heterocycles. The van der Waals surface area contributed by atoms with Gasteiger partial charge in [0.15, 0.2) is 0 Å². The Morgan fingerprint density at radius 2 is 1.67 bits per heavy atom. The highest BCUT2D eigenvalue weighted by Crippen LogP contribution is 2.38. The van der Waals surface area contributed by atoms with Gasteiger partial charge in [0.1, 0.15) is 11.5 Å². The lowest BCUT2D eigenvalue weighted by molar-refractivity contribution is -0.137. The maximum absolute atomic E-state index is 12.6. The number of benzene rings is 1. The summed E-state index contributed by atoms with van der Waals surface area (Å²) in [4.78, 5) is 10.7. The highest BCUT2D eigenvalue weighted by Gasteiger charge is 2.33. The van der Waals surface area contributed by atoms with Crippen LogP contribution in [-0.4, -0.2) is 25.3 Å². The minimum absolute atomic E-state index is 0.0699. The third-order valence-electron chi connectivity index (χ3n) is 2.26. The van der Waals surface area contributed by atoms with Crippen molar-refractivity contribution in [1.82, 2.24) is 0 Å². The Bertz CT molecular complexity index is 429. The number of aliphatic carboxylic acids is 1. The zero-order valence-electron chi connectivity index (χ0n) is 9.67. The molecule has 1 aromatic carbocycles. The topological polar surface area (TPSA) is 55.8 Å². The van der Waals surface area contributed by atoms with Gasteiger partial charge < -0.3 is 14.6 Å². The fourth-order valence-corrected chi connectivity index (χ4v) is 1.47. The van der Waals surface area contributed by atoms with Crippen molar-refractivity contribution in [2.45, 2.75) is 12.6 Å². The summed E-state index contributed by atoms with van der Waals surface area (Å²) in [6.07, 6.45) is -5.03. The van der Waals surface area contributed by atoms with Gasteiger partial charge in [-0.15, -0.1) is 0 Å². The maximum Gasteiger partial charge on any atom is 0.416 e. The van der Waals surface area contributed by atoms with Gasteiger partial charge in [0.05, 0.1) is 26.2 Å². The number of hydrogen-bond donors (Lipinski definition) is 1. The van der Waals surface area contributed by atoms with Gasteiger partial charge in [0.2, 0.25) is 0 Å². The van der Waals surface area contributed by atoms with Crippen molar-refractivity contribution in [3.63, 3.8) is 0 Å². The van der Waals surface area contributed by atoms with Crippen LogP contribution < -0.4 is 9.47 Å². The molecule has 0 amide bonds. The highest BCUT2D eigenvalue weighted by atomic mass is 19.4. The lowest BCUT2D eigenvalue weighted by Crippen LogP contribution is -2.10. The number of carboxylic acid groups (broad SMARTS) is 1. The smallest absolute Gasteiger partial charge is 0.416 e. The van der Waals surface area contributed by atoms with E-state index in [9.17, 15) is 18.0 Å². The van der Waals surface area contributed by atoms with E-state index in [2.05, 4.69) is 0 Å². The normalized spacial score (nSPS) is 11.2. The van der Waals surface area contributed by atoms with Crippen LogP contribution in [0.2, 0.25) is 0 Å². The first kappa shape index (κ1) is 14.1. The Morgan fingerprint density at radius 1 is 1.22 bits per heavy atom. The summed E-state index contributed by atoms with van der Waals surface area (Å²) in [7, 11) is 2.33. The molecular weight excluding hydrogens is 253 g/mol. The monoisotopic (exact) mass is 264 g/mol. The van der Waals surface area contributed by atoms with Gasteiger partial charge in [-0.2, -0.15) is 13.2 Å². The van der Waals surface area contributed by atoms with Crippen LogP contribution >= 0.6 is 0 Å². The Hall–Kier alpha value is -1.92. The standard InChI is InChI=1S/C11H11F3O4/c1-17-8-3-6(11(12,13)14)4-9(18-2)7(8)5-10(15)16/h3-4H,5H2,1-2H3,(H,15,16). The Morgan fingerprint density at radius 3 is 1.94 bits per heavy atom. The van der Waals surface area contributed by atoms with Crippen LogP contribution in [0.3, 0.4) is 0 Å². The van der Waals surface area contributed by atoms with Crippen molar-refractivity contribution in [3.8, 4) is 11.5 Å².